The van der Waals surface area contributed by atoms with E-state index in [1.165, 1.54) is 5.57 Å². The highest BCUT2D eigenvalue weighted by Crippen LogP contribution is 1.98. The van der Waals surface area contributed by atoms with E-state index in [0.717, 1.165) is 13.0 Å². The van der Waals surface area contributed by atoms with Crippen molar-refractivity contribution in [2.75, 3.05) is 27.4 Å². The summed E-state index contributed by atoms with van der Waals surface area (Å²) in [6, 6.07) is 0. The second-order valence-electron chi connectivity index (χ2n) is 2.25. The lowest BCUT2D eigenvalue weighted by Gasteiger charge is -1.98. The first-order valence-electron chi connectivity index (χ1n) is 3.44. The Bertz CT molecular complexity index is 97.4. The van der Waals surface area contributed by atoms with Crippen LogP contribution in [0.1, 0.15) is 13.3 Å². The van der Waals surface area contributed by atoms with Crippen molar-refractivity contribution in [3.8, 4) is 0 Å². The number of methoxy groups -OCH3 is 2. The zero-order chi connectivity index (χ0) is 7.82. The van der Waals surface area contributed by atoms with Gasteiger partial charge in [-0.2, -0.15) is 0 Å². The third-order valence-corrected chi connectivity index (χ3v) is 1.30. The Balaban J connectivity index is 3.30. The Morgan fingerprint density at radius 1 is 1.30 bits per heavy atom. The lowest BCUT2D eigenvalue weighted by Crippen LogP contribution is -1.91. The van der Waals surface area contributed by atoms with Gasteiger partial charge in [0, 0.05) is 20.8 Å². The Hall–Kier alpha value is -0.340. The number of hydrogen-bond donors (Lipinski definition) is 0. The number of rotatable bonds is 5. The van der Waals surface area contributed by atoms with Gasteiger partial charge < -0.3 is 9.47 Å². The molecule has 0 spiro atoms. The summed E-state index contributed by atoms with van der Waals surface area (Å²) in [5, 5.41) is 0. The van der Waals surface area contributed by atoms with E-state index in [0.29, 0.717) is 6.61 Å². The van der Waals surface area contributed by atoms with Crippen molar-refractivity contribution in [2.45, 2.75) is 13.3 Å². The number of hydrogen-bond acceptors (Lipinski definition) is 2. The molecule has 60 valence electrons. The van der Waals surface area contributed by atoms with Crippen molar-refractivity contribution in [3.63, 3.8) is 0 Å². The van der Waals surface area contributed by atoms with Crippen molar-refractivity contribution in [3.05, 3.63) is 11.6 Å². The first-order valence-corrected chi connectivity index (χ1v) is 3.44. The van der Waals surface area contributed by atoms with Gasteiger partial charge in [0.1, 0.15) is 0 Å². The SMILES string of the molecule is COC/C=C(\C)CCOC. The van der Waals surface area contributed by atoms with E-state index < -0.39 is 0 Å². The second kappa shape index (κ2) is 6.78. The lowest BCUT2D eigenvalue weighted by molar-refractivity contribution is 0.201. The molecular weight excluding hydrogens is 128 g/mol. The highest BCUT2D eigenvalue weighted by atomic mass is 16.5. The fourth-order valence-electron chi connectivity index (χ4n) is 0.591. The molecule has 0 amide bonds. The van der Waals surface area contributed by atoms with E-state index in [4.69, 9.17) is 9.47 Å². The minimum Gasteiger partial charge on any atom is -0.384 e. The van der Waals surface area contributed by atoms with Crippen LogP contribution in [0.2, 0.25) is 0 Å². The molecule has 10 heavy (non-hydrogen) atoms. The lowest BCUT2D eigenvalue weighted by atomic mass is 10.2. The predicted octanol–water partition coefficient (Wildman–Crippen LogP) is 1.62. The summed E-state index contributed by atoms with van der Waals surface area (Å²) in [4.78, 5) is 0. The Morgan fingerprint density at radius 3 is 2.50 bits per heavy atom. The normalized spacial score (nSPS) is 12.1. The molecule has 0 aliphatic carbocycles. The highest BCUT2D eigenvalue weighted by molar-refractivity contribution is 4.97. The van der Waals surface area contributed by atoms with Gasteiger partial charge in [0.05, 0.1) is 6.61 Å². The summed E-state index contributed by atoms with van der Waals surface area (Å²) >= 11 is 0. The monoisotopic (exact) mass is 144 g/mol. The quantitative estimate of drug-likeness (QED) is 0.546. The van der Waals surface area contributed by atoms with Crippen LogP contribution in [0.5, 0.6) is 0 Å². The second-order valence-corrected chi connectivity index (χ2v) is 2.25. The van der Waals surface area contributed by atoms with Gasteiger partial charge >= 0.3 is 0 Å². The first-order chi connectivity index (χ1) is 4.81. The molecule has 0 radical (unpaired) electrons. The molecule has 0 saturated heterocycles. The van der Waals surface area contributed by atoms with E-state index in [9.17, 15) is 0 Å². The van der Waals surface area contributed by atoms with Gasteiger partial charge in [-0.15, -0.1) is 0 Å². The minimum atomic E-state index is 0.704. The molecule has 0 atom stereocenters. The first kappa shape index (κ1) is 9.66. The minimum absolute atomic E-state index is 0.704. The molecular formula is C8H16O2. The van der Waals surface area contributed by atoms with Crippen molar-refractivity contribution in [1.82, 2.24) is 0 Å². The molecule has 0 unspecified atom stereocenters. The molecule has 0 heterocycles. The van der Waals surface area contributed by atoms with E-state index in [2.05, 4.69) is 13.0 Å². The third kappa shape index (κ3) is 5.79. The summed E-state index contributed by atoms with van der Waals surface area (Å²) in [7, 11) is 3.41. The third-order valence-electron chi connectivity index (χ3n) is 1.30. The standard InChI is InChI=1S/C8H16O2/c1-8(4-6-9-2)5-7-10-3/h4H,5-7H2,1-3H3/b8-4+. The maximum absolute atomic E-state index is 4.91. The van der Waals surface area contributed by atoms with Crippen LogP contribution < -0.4 is 0 Å². The van der Waals surface area contributed by atoms with Crippen molar-refractivity contribution in [1.29, 1.82) is 0 Å². The van der Waals surface area contributed by atoms with Crippen LogP contribution in [-0.2, 0) is 9.47 Å². The average Bonchev–Trinajstić information content (AvgIpc) is 1.97. The molecule has 0 N–H and O–H groups in total. The van der Waals surface area contributed by atoms with Crippen LogP contribution in [0.3, 0.4) is 0 Å². The molecule has 0 aliphatic heterocycles. The van der Waals surface area contributed by atoms with Crippen LogP contribution in [0.4, 0.5) is 0 Å². The topological polar surface area (TPSA) is 18.5 Å². The van der Waals surface area contributed by atoms with Gasteiger partial charge in [-0.3, -0.25) is 0 Å². The molecule has 0 aromatic rings. The van der Waals surface area contributed by atoms with Gasteiger partial charge in [0.25, 0.3) is 0 Å². The largest absolute Gasteiger partial charge is 0.384 e. The van der Waals surface area contributed by atoms with Crippen molar-refractivity contribution in [2.24, 2.45) is 0 Å². The van der Waals surface area contributed by atoms with E-state index in [-0.39, 0.29) is 0 Å². The zero-order valence-corrected chi connectivity index (χ0v) is 7.02. The Morgan fingerprint density at radius 2 is 2.00 bits per heavy atom. The van der Waals surface area contributed by atoms with Crippen LogP contribution in [0, 0.1) is 0 Å². The molecule has 0 bridgehead atoms. The van der Waals surface area contributed by atoms with Crippen LogP contribution in [0.25, 0.3) is 0 Å². The summed E-state index contributed by atoms with van der Waals surface area (Å²) in [5.41, 5.74) is 1.32. The van der Waals surface area contributed by atoms with Gasteiger partial charge in [-0.05, 0) is 13.3 Å². The predicted molar refractivity (Wildman–Crippen MR) is 42.1 cm³/mol. The van der Waals surface area contributed by atoms with Crippen LogP contribution in [0.15, 0.2) is 11.6 Å². The Kier molecular flexibility index (Phi) is 6.55. The van der Waals surface area contributed by atoms with Crippen LogP contribution >= 0.6 is 0 Å². The molecule has 0 aliphatic rings. The van der Waals surface area contributed by atoms with Gasteiger partial charge in [-0.25, -0.2) is 0 Å². The van der Waals surface area contributed by atoms with Crippen molar-refractivity contribution >= 4 is 0 Å². The summed E-state index contributed by atoms with van der Waals surface area (Å²) in [6.45, 7) is 3.58. The summed E-state index contributed by atoms with van der Waals surface area (Å²) in [6.07, 6.45) is 3.07. The van der Waals surface area contributed by atoms with E-state index in [1.54, 1.807) is 14.2 Å². The van der Waals surface area contributed by atoms with Gasteiger partial charge in [0.2, 0.25) is 0 Å². The van der Waals surface area contributed by atoms with Gasteiger partial charge in [0.15, 0.2) is 0 Å². The maximum atomic E-state index is 4.91. The Labute approximate surface area is 62.8 Å². The van der Waals surface area contributed by atoms with E-state index in [1.807, 2.05) is 0 Å². The van der Waals surface area contributed by atoms with Crippen molar-refractivity contribution < 1.29 is 9.47 Å². The highest BCUT2D eigenvalue weighted by Gasteiger charge is 1.87. The molecule has 2 nitrogen and oxygen atoms in total. The fraction of sp³-hybridized carbons (Fsp3) is 0.750. The molecule has 0 rings (SSSR count). The number of ether oxygens (including phenoxy) is 2. The average molecular weight is 144 g/mol. The maximum Gasteiger partial charge on any atom is 0.0646 e. The molecule has 0 aromatic heterocycles. The molecule has 0 saturated carbocycles. The smallest absolute Gasteiger partial charge is 0.0646 e. The van der Waals surface area contributed by atoms with Gasteiger partial charge in [-0.1, -0.05) is 11.6 Å². The van der Waals surface area contributed by atoms with Crippen LogP contribution in [-0.4, -0.2) is 27.4 Å². The summed E-state index contributed by atoms with van der Waals surface area (Å²) in [5.74, 6) is 0. The summed E-state index contributed by atoms with van der Waals surface area (Å²) < 4.78 is 9.79. The molecule has 0 aromatic carbocycles. The molecule has 2 heteroatoms. The zero-order valence-electron chi connectivity index (χ0n) is 7.02. The molecule has 0 fully saturated rings. The van der Waals surface area contributed by atoms with E-state index >= 15 is 0 Å². The fourth-order valence-corrected chi connectivity index (χ4v) is 0.591.